The first-order chi connectivity index (χ1) is 15.5. The van der Waals surface area contributed by atoms with Crippen LogP contribution in [0.1, 0.15) is 18.3 Å². The van der Waals surface area contributed by atoms with Gasteiger partial charge in [-0.3, -0.25) is 9.69 Å². The second kappa shape index (κ2) is 9.18. The average molecular weight is 438 g/mol. The lowest BCUT2D eigenvalue weighted by molar-refractivity contribution is -0.122. The number of carbonyl (C=O) groups excluding carboxylic acids is 1. The summed E-state index contributed by atoms with van der Waals surface area (Å²) in [4.78, 5) is 34.3. The molecule has 3 aromatic heterocycles. The Morgan fingerprint density at radius 3 is 2.91 bits per heavy atom. The topological polar surface area (TPSA) is 128 Å². The number of anilines is 3. The molecule has 0 radical (unpaired) electrons. The second-order valence-corrected chi connectivity index (χ2v) is 7.75. The maximum absolute atomic E-state index is 13.0. The number of hydrogen-bond donors (Lipinski definition) is 3. The van der Waals surface area contributed by atoms with Crippen LogP contribution < -0.4 is 20.4 Å². The highest BCUT2D eigenvalue weighted by Gasteiger charge is 2.30. The van der Waals surface area contributed by atoms with E-state index < -0.39 is 0 Å². The fourth-order valence-electron chi connectivity index (χ4n) is 4.18. The summed E-state index contributed by atoms with van der Waals surface area (Å²) in [7, 11) is 0. The number of nitrogens with zero attached hydrogens (tertiary/aromatic N) is 6. The van der Waals surface area contributed by atoms with Crippen LogP contribution in [0.5, 0.6) is 0 Å². The van der Waals surface area contributed by atoms with Crippen molar-refractivity contribution in [1.29, 1.82) is 0 Å². The number of aromatic nitrogens is 4. The van der Waals surface area contributed by atoms with E-state index in [4.69, 9.17) is 9.90 Å². The molecular weight excluding hydrogens is 412 g/mol. The average Bonchev–Trinajstić information content (AvgIpc) is 3.36. The highest BCUT2D eigenvalue weighted by Crippen LogP contribution is 2.34. The lowest BCUT2D eigenvalue weighted by Gasteiger charge is -2.34. The number of piperazine rings is 1. The number of nitrogens with one attached hydrogen (secondary N) is 2. The second-order valence-electron chi connectivity index (χ2n) is 7.75. The number of aryl methyl sites for hydroxylation is 1. The Morgan fingerprint density at radius 1 is 1.31 bits per heavy atom. The summed E-state index contributed by atoms with van der Waals surface area (Å²) >= 11 is 0. The van der Waals surface area contributed by atoms with Crippen molar-refractivity contribution < 1.29 is 14.7 Å². The normalized spacial score (nSPS) is 17.5. The molecule has 0 aliphatic carbocycles. The number of pyridine rings is 2. The third-order valence-electron chi connectivity index (χ3n) is 5.49. The molecule has 0 bridgehead atoms. The van der Waals surface area contributed by atoms with Crippen LogP contribution in [0.4, 0.5) is 22.0 Å². The maximum atomic E-state index is 13.0. The Morgan fingerprint density at radius 2 is 2.12 bits per heavy atom. The summed E-state index contributed by atoms with van der Waals surface area (Å²) in [6, 6.07) is 6.01. The zero-order valence-electron chi connectivity index (χ0n) is 18.0. The summed E-state index contributed by atoms with van der Waals surface area (Å²) < 4.78 is 1.67. The van der Waals surface area contributed by atoms with Crippen molar-refractivity contribution in [2.24, 2.45) is 0 Å². The van der Waals surface area contributed by atoms with Crippen molar-refractivity contribution in [3.05, 3.63) is 42.0 Å². The maximum Gasteiger partial charge on any atom is 0.327 e. The quantitative estimate of drug-likeness (QED) is 0.514. The van der Waals surface area contributed by atoms with Crippen molar-refractivity contribution in [2.45, 2.75) is 26.3 Å². The minimum Gasteiger partial charge on any atom is -0.483 e. The molecule has 0 aromatic carbocycles. The number of amides is 2. The molecular formula is C21H26N8O3. The van der Waals surface area contributed by atoms with E-state index in [2.05, 4.69) is 43.6 Å². The van der Waals surface area contributed by atoms with Crippen LogP contribution in [0.3, 0.4) is 0 Å². The molecule has 2 aliphatic heterocycles. The van der Waals surface area contributed by atoms with Gasteiger partial charge in [0, 0.05) is 49.7 Å². The molecule has 2 aliphatic rings. The summed E-state index contributed by atoms with van der Waals surface area (Å²) in [5, 5.41) is 17.6. The van der Waals surface area contributed by atoms with Crippen LogP contribution in [-0.4, -0.2) is 69.4 Å². The number of carbonyl (C=O) groups is 2. The monoisotopic (exact) mass is 438 g/mol. The van der Waals surface area contributed by atoms with Gasteiger partial charge in [-0.15, -0.1) is 0 Å². The minimum absolute atomic E-state index is 0.182. The zero-order valence-corrected chi connectivity index (χ0v) is 18.0. The van der Waals surface area contributed by atoms with Crippen molar-refractivity contribution >= 4 is 35.3 Å². The van der Waals surface area contributed by atoms with Crippen molar-refractivity contribution in [3.8, 4) is 0 Å². The highest BCUT2D eigenvalue weighted by molar-refractivity contribution is 6.03. The first-order valence-electron chi connectivity index (χ1n) is 10.5. The molecule has 3 N–H and O–H groups in total. The van der Waals surface area contributed by atoms with E-state index in [-0.39, 0.29) is 12.5 Å². The lowest BCUT2D eigenvalue weighted by Crippen LogP contribution is -2.49. The molecule has 5 heterocycles. The van der Waals surface area contributed by atoms with Crippen LogP contribution >= 0.6 is 0 Å². The van der Waals surface area contributed by atoms with Gasteiger partial charge in [0.1, 0.15) is 11.6 Å². The smallest absolute Gasteiger partial charge is 0.327 e. The molecule has 0 unspecified atom stereocenters. The van der Waals surface area contributed by atoms with Gasteiger partial charge in [0.05, 0.1) is 11.9 Å². The number of rotatable bonds is 2. The van der Waals surface area contributed by atoms with E-state index in [1.54, 1.807) is 21.8 Å². The summed E-state index contributed by atoms with van der Waals surface area (Å²) in [5.74, 6) is 1.45. The summed E-state index contributed by atoms with van der Waals surface area (Å²) in [6.07, 6.45) is 4.39. The Labute approximate surface area is 185 Å². The molecule has 168 valence electrons. The summed E-state index contributed by atoms with van der Waals surface area (Å²) in [5.41, 5.74) is 3.77. The van der Waals surface area contributed by atoms with E-state index in [1.165, 1.54) is 5.69 Å². The fraction of sp³-hybridized carbons (Fsp3) is 0.381. The number of fused-ring (bicyclic) bond motifs is 2. The van der Waals surface area contributed by atoms with Crippen LogP contribution in [0.25, 0.3) is 5.65 Å². The molecule has 32 heavy (non-hydrogen) atoms. The third kappa shape index (κ3) is 4.33. The highest BCUT2D eigenvalue weighted by atomic mass is 16.3. The molecule has 0 saturated carbocycles. The van der Waals surface area contributed by atoms with Crippen LogP contribution in [0.15, 0.2) is 30.6 Å². The van der Waals surface area contributed by atoms with E-state index in [9.17, 15) is 4.79 Å². The third-order valence-corrected chi connectivity index (χ3v) is 5.49. The summed E-state index contributed by atoms with van der Waals surface area (Å²) in [6.45, 7) is 7.30. The van der Waals surface area contributed by atoms with Crippen molar-refractivity contribution in [1.82, 2.24) is 24.9 Å². The van der Waals surface area contributed by atoms with Crippen LogP contribution in [0, 0.1) is 6.92 Å². The van der Waals surface area contributed by atoms with Crippen molar-refractivity contribution in [2.75, 3.05) is 41.3 Å². The van der Waals surface area contributed by atoms with Gasteiger partial charge in [0.2, 0.25) is 0 Å². The molecule has 3 aromatic rings. The molecule has 2 amide bonds. The number of urea groups is 1. The largest absolute Gasteiger partial charge is 0.483 e. The lowest BCUT2D eigenvalue weighted by atomic mass is 10.1. The molecule has 1 saturated heterocycles. The number of carboxylic acid groups (broad SMARTS) is 1. The Hall–Kier alpha value is -3.73. The van der Waals surface area contributed by atoms with Gasteiger partial charge in [-0.2, -0.15) is 5.10 Å². The predicted molar refractivity (Wildman–Crippen MR) is 120 cm³/mol. The molecule has 11 nitrogen and oxygen atoms in total. The van der Waals surface area contributed by atoms with E-state index in [0.717, 1.165) is 43.1 Å². The van der Waals surface area contributed by atoms with Crippen molar-refractivity contribution in [3.63, 3.8) is 0 Å². The van der Waals surface area contributed by atoms with Gasteiger partial charge in [0.15, 0.2) is 5.65 Å². The van der Waals surface area contributed by atoms with E-state index >= 15 is 0 Å². The Kier molecular flexibility index (Phi) is 6.17. The minimum atomic E-state index is -0.250. The molecule has 5 rings (SSSR count). The molecule has 0 spiro atoms. The molecule has 1 atom stereocenters. The van der Waals surface area contributed by atoms with Gasteiger partial charge in [-0.05, 0) is 38.5 Å². The Balaban J connectivity index is 0.000000775. The van der Waals surface area contributed by atoms with Gasteiger partial charge in [-0.25, -0.2) is 19.3 Å². The Bertz CT molecular complexity index is 1130. The zero-order chi connectivity index (χ0) is 22.7. The van der Waals surface area contributed by atoms with Crippen LogP contribution in [0.2, 0.25) is 0 Å². The molecule has 11 heteroatoms. The van der Waals surface area contributed by atoms with Crippen LogP contribution in [-0.2, 0) is 11.2 Å². The SMILES string of the molecule is Cc1nc2ccc(NC(=O)N3CCc4c(N5CCN[C@H](C)C5)ccnc43)cn2n1.O=CO. The van der Waals surface area contributed by atoms with Gasteiger partial charge in [-0.1, -0.05) is 0 Å². The van der Waals surface area contributed by atoms with E-state index in [0.29, 0.717) is 24.1 Å². The van der Waals surface area contributed by atoms with Gasteiger partial charge >= 0.3 is 6.03 Å². The first kappa shape index (κ1) is 21.5. The number of hydrogen-bond acceptors (Lipinski definition) is 7. The predicted octanol–water partition coefficient (Wildman–Crippen LogP) is 1.53. The molecule has 1 fully saturated rings. The van der Waals surface area contributed by atoms with Gasteiger partial charge in [0.25, 0.3) is 6.47 Å². The first-order valence-corrected chi connectivity index (χ1v) is 10.5. The van der Waals surface area contributed by atoms with Gasteiger partial charge < -0.3 is 20.6 Å². The van der Waals surface area contributed by atoms with E-state index in [1.807, 2.05) is 19.1 Å². The standard InChI is InChI=1S/C20H24N8O.CH2O2/c1-13-11-26(10-8-21-13)17-5-7-22-19-16(17)6-9-27(19)20(29)24-15-3-4-18-23-14(2)25-28(18)12-15;2-1-3/h3-5,7,12-13,21H,6,8-11H2,1-2H3,(H,24,29);1H,(H,2,3)/t13-;/m1./s1. The fourth-order valence-corrected chi connectivity index (χ4v) is 4.18.